The molecule has 4 rings (SSSR count). The third-order valence-corrected chi connectivity index (χ3v) is 5.39. The van der Waals surface area contributed by atoms with Crippen LogP contribution >= 0.6 is 0 Å². The molecule has 4 aromatic rings. The number of aryl methyl sites for hydroxylation is 1. The summed E-state index contributed by atoms with van der Waals surface area (Å²) in [5.41, 5.74) is 2.26. The molecule has 0 bridgehead atoms. The third-order valence-electron chi connectivity index (χ3n) is 5.39. The maximum Gasteiger partial charge on any atom is 0.238 e. The van der Waals surface area contributed by atoms with Gasteiger partial charge in [-0.15, -0.1) is 10.2 Å². The van der Waals surface area contributed by atoms with Crippen LogP contribution in [0.15, 0.2) is 71.5 Å². The minimum atomic E-state index is -0.0134. The summed E-state index contributed by atoms with van der Waals surface area (Å²) in [6.45, 7) is 5.51. The van der Waals surface area contributed by atoms with Crippen molar-refractivity contribution >= 4 is 5.82 Å². The molecule has 32 heavy (non-hydrogen) atoms. The van der Waals surface area contributed by atoms with Crippen LogP contribution in [0.5, 0.6) is 5.75 Å². The zero-order valence-electron chi connectivity index (χ0n) is 18.8. The van der Waals surface area contributed by atoms with Crippen molar-refractivity contribution in [3.8, 4) is 16.9 Å². The van der Waals surface area contributed by atoms with E-state index < -0.39 is 0 Å². The van der Waals surface area contributed by atoms with Gasteiger partial charge in [-0.2, -0.15) is 0 Å². The molecule has 0 unspecified atom stereocenters. The van der Waals surface area contributed by atoms with Crippen molar-refractivity contribution in [1.29, 1.82) is 0 Å². The van der Waals surface area contributed by atoms with E-state index in [-0.39, 0.29) is 6.04 Å². The lowest BCUT2D eigenvalue weighted by Crippen LogP contribution is -2.24. The largest absolute Gasteiger partial charge is 0.492 e. The first-order valence-corrected chi connectivity index (χ1v) is 11.0. The van der Waals surface area contributed by atoms with E-state index in [4.69, 9.17) is 9.15 Å². The fourth-order valence-electron chi connectivity index (χ4n) is 3.44. The fraction of sp³-hybridized carbons (Fsp3) is 0.320. The summed E-state index contributed by atoms with van der Waals surface area (Å²) >= 11 is 0. The van der Waals surface area contributed by atoms with Gasteiger partial charge in [-0.25, -0.2) is 4.98 Å². The minimum Gasteiger partial charge on any atom is -0.492 e. The molecule has 0 radical (unpaired) electrons. The molecule has 0 saturated heterocycles. The number of hydrogen-bond donors (Lipinski definition) is 0. The molecule has 1 aromatic carbocycles. The molecule has 3 heterocycles. The second-order valence-corrected chi connectivity index (χ2v) is 7.79. The van der Waals surface area contributed by atoms with Crippen LogP contribution in [0.4, 0.5) is 5.82 Å². The van der Waals surface area contributed by atoms with E-state index in [1.54, 1.807) is 6.20 Å². The summed E-state index contributed by atoms with van der Waals surface area (Å²) in [6.07, 6.45) is 7.74. The fourth-order valence-corrected chi connectivity index (χ4v) is 3.44. The lowest BCUT2D eigenvalue weighted by molar-refractivity contribution is 0.325. The Hall–Kier alpha value is -3.61. The van der Waals surface area contributed by atoms with E-state index in [2.05, 4.69) is 62.9 Å². The van der Waals surface area contributed by atoms with Crippen molar-refractivity contribution in [2.24, 2.45) is 0 Å². The first-order valence-electron chi connectivity index (χ1n) is 11.0. The summed E-state index contributed by atoms with van der Waals surface area (Å²) < 4.78 is 13.8. The monoisotopic (exact) mass is 431 g/mol. The van der Waals surface area contributed by atoms with Gasteiger partial charge in [0.05, 0.1) is 6.54 Å². The molecule has 0 spiro atoms. The normalized spacial score (nSPS) is 12.0. The number of pyridine rings is 1. The molecule has 0 saturated carbocycles. The molecular formula is C25H29N5O2. The Morgan fingerprint density at radius 1 is 1.06 bits per heavy atom. The smallest absolute Gasteiger partial charge is 0.238 e. The van der Waals surface area contributed by atoms with Crippen LogP contribution in [-0.4, -0.2) is 39.9 Å². The Morgan fingerprint density at radius 2 is 1.91 bits per heavy atom. The summed E-state index contributed by atoms with van der Waals surface area (Å²) in [7, 11) is 2.01. The van der Waals surface area contributed by atoms with Crippen molar-refractivity contribution in [2.75, 3.05) is 25.1 Å². The Labute approximate surface area is 188 Å². The number of likely N-dealkylation sites (N-methyl/N-ethyl adjacent to an activating group) is 1. The predicted molar refractivity (Wildman–Crippen MR) is 125 cm³/mol. The van der Waals surface area contributed by atoms with Crippen LogP contribution in [0.1, 0.15) is 38.1 Å². The Bertz CT molecular complexity index is 1100. The van der Waals surface area contributed by atoms with E-state index in [0.717, 1.165) is 42.1 Å². The van der Waals surface area contributed by atoms with E-state index in [9.17, 15) is 0 Å². The highest BCUT2D eigenvalue weighted by atomic mass is 16.5. The van der Waals surface area contributed by atoms with Gasteiger partial charge in [-0.3, -0.25) is 0 Å². The molecule has 166 valence electrons. The average Bonchev–Trinajstić information content (AvgIpc) is 3.50. The molecule has 7 nitrogen and oxygen atoms in total. The van der Waals surface area contributed by atoms with Crippen molar-refractivity contribution in [3.63, 3.8) is 0 Å². The Balaban J connectivity index is 1.33. The summed E-state index contributed by atoms with van der Waals surface area (Å²) in [6, 6.07) is 16.1. The predicted octanol–water partition coefficient (Wildman–Crippen LogP) is 5.01. The Kier molecular flexibility index (Phi) is 6.84. The average molecular weight is 432 g/mol. The molecule has 3 aromatic heterocycles. The molecule has 7 heteroatoms. The van der Waals surface area contributed by atoms with E-state index in [1.807, 2.05) is 43.6 Å². The molecule has 0 aliphatic heterocycles. The van der Waals surface area contributed by atoms with Gasteiger partial charge in [-0.1, -0.05) is 25.1 Å². The SMILES string of the molecule is CCCc1nnc([C@@H](C)n2ccc(-c3ccc(OCCN(C)c4ccccn4)cc3)c2)o1. The number of ether oxygens (including phenoxy) is 1. The zero-order valence-corrected chi connectivity index (χ0v) is 18.8. The molecule has 0 aliphatic rings. The summed E-state index contributed by atoms with van der Waals surface area (Å²) in [5, 5.41) is 8.33. The van der Waals surface area contributed by atoms with Gasteiger partial charge in [-0.05, 0) is 54.8 Å². The first kappa shape index (κ1) is 21.6. The third kappa shape index (κ3) is 5.17. The van der Waals surface area contributed by atoms with Gasteiger partial charge >= 0.3 is 0 Å². The second-order valence-electron chi connectivity index (χ2n) is 7.79. The lowest BCUT2D eigenvalue weighted by atomic mass is 10.1. The number of nitrogens with zero attached hydrogens (tertiary/aromatic N) is 5. The second kappa shape index (κ2) is 10.1. The number of aromatic nitrogens is 4. The molecular weight excluding hydrogens is 402 g/mol. The summed E-state index contributed by atoms with van der Waals surface area (Å²) in [5.74, 6) is 3.12. The van der Waals surface area contributed by atoms with E-state index >= 15 is 0 Å². The van der Waals surface area contributed by atoms with Crippen LogP contribution in [0.3, 0.4) is 0 Å². The van der Waals surface area contributed by atoms with Gasteiger partial charge in [0.25, 0.3) is 0 Å². The van der Waals surface area contributed by atoms with Crippen molar-refractivity contribution in [1.82, 2.24) is 19.7 Å². The molecule has 0 fully saturated rings. The van der Waals surface area contributed by atoms with Gasteiger partial charge < -0.3 is 18.6 Å². The number of benzene rings is 1. The molecule has 0 amide bonds. The minimum absolute atomic E-state index is 0.0134. The van der Waals surface area contributed by atoms with Crippen LogP contribution in [-0.2, 0) is 6.42 Å². The topological polar surface area (TPSA) is 69.2 Å². The standard InChI is InChI=1S/C25H29N5O2/c1-4-7-24-27-28-25(32-24)19(2)30-15-13-21(18-30)20-9-11-22(12-10-20)31-17-16-29(3)23-8-5-6-14-26-23/h5-6,8-15,18-19H,4,7,16-17H2,1-3H3/t19-/m1/s1. The quantitative estimate of drug-likeness (QED) is 0.352. The van der Waals surface area contributed by atoms with Gasteiger partial charge in [0, 0.05) is 32.1 Å². The number of rotatable bonds is 10. The molecule has 0 N–H and O–H groups in total. The van der Waals surface area contributed by atoms with Gasteiger partial charge in [0.15, 0.2) is 0 Å². The lowest BCUT2D eigenvalue weighted by Gasteiger charge is -2.18. The maximum absolute atomic E-state index is 5.91. The molecule has 0 aliphatic carbocycles. The van der Waals surface area contributed by atoms with Crippen molar-refractivity contribution < 1.29 is 9.15 Å². The van der Waals surface area contributed by atoms with E-state index in [1.165, 1.54) is 0 Å². The molecule has 1 atom stereocenters. The first-order chi connectivity index (χ1) is 15.6. The van der Waals surface area contributed by atoms with Crippen LogP contribution in [0, 0.1) is 0 Å². The highest BCUT2D eigenvalue weighted by Gasteiger charge is 2.16. The van der Waals surface area contributed by atoms with E-state index in [0.29, 0.717) is 18.4 Å². The van der Waals surface area contributed by atoms with Crippen LogP contribution in [0.25, 0.3) is 11.1 Å². The van der Waals surface area contributed by atoms with Crippen molar-refractivity contribution in [3.05, 3.63) is 78.9 Å². The van der Waals surface area contributed by atoms with Crippen LogP contribution < -0.4 is 9.64 Å². The van der Waals surface area contributed by atoms with Gasteiger partial charge in [0.1, 0.15) is 24.2 Å². The van der Waals surface area contributed by atoms with Crippen molar-refractivity contribution in [2.45, 2.75) is 32.7 Å². The van der Waals surface area contributed by atoms with Gasteiger partial charge in [0.2, 0.25) is 11.8 Å². The Morgan fingerprint density at radius 3 is 2.66 bits per heavy atom. The zero-order chi connectivity index (χ0) is 22.3. The summed E-state index contributed by atoms with van der Waals surface area (Å²) in [4.78, 5) is 6.42. The maximum atomic E-state index is 5.91. The van der Waals surface area contributed by atoms with Crippen LogP contribution in [0.2, 0.25) is 0 Å². The number of hydrogen-bond acceptors (Lipinski definition) is 6. The highest BCUT2D eigenvalue weighted by Crippen LogP contribution is 2.26. The number of anilines is 1. The highest BCUT2D eigenvalue weighted by molar-refractivity contribution is 5.63.